The molecule has 0 spiro atoms. The molecule has 1 aromatic carbocycles. The maximum Gasteiger partial charge on any atom is 0.327 e. The van der Waals surface area contributed by atoms with Crippen LogP contribution in [0.15, 0.2) is 16.6 Å². The Kier molecular flexibility index (Phi) is 4.31. The number of esters is 1. The van der Waals surface area contributed by atoms with Gasteiger partial charge in [-0.2, -0.15) is 0 Å². The van der Waals surface area contributed by atoms with Crippen LogP contribution < -0.4 is 14.8 Å². The van der Waals surface area contributed by atoms with Gasteiger partial charge in [0.15, 0.2) is 11.5 Å². The number of methoxy groups -OCH3 is 1. The van der Waals surface area contributed by atoms with E-state index in [1.807, 2.05) is 19.9 Å². The summed E-state index contributed by atoms with van der Waals surface area (Å²) in [7, 11) is 1.37. The summed E-state index contributed by atoms with van der Waals surface area (Å²) in [4.78, 5) is 11.9. The van der Waals surface area contributed by atoms with Crippen LogP contribution in [0.1, 0.15) is 25.5 Å². The van der Waals surface area contributed by atoms with E-state index in [0.29, 0.717) is 11.5 Å². The number of halogens is 1. The smallest absolute Gasteiger partial charge is 0.327 e. The Morgan fingerprint density at radius 1 is 1.42 bits per heavy atom. The summed E-state index contributed by atoms with van der Waals surface area (Å²) < 4.78 is 16.3. The summed E-state index contributed by atoms with van der Waals surface area (Å²) in [5.41, 5.74) is 0.775. The van der Waals surface area contributed by atoms with Crippen molar-refractivity contribution in [2.45, 2.75) is 25.9 Å². The molecule has 104 valence electrons. The molecule has 0 bridgehead atoms. The quantitative estimate of drug-likeness (QED) is 0.859. The zero-order valence-electron chi connectivity index (χ0n) is 11.0. The molecular formula is C13H16BrNO4. The van der Waals surface area contributed by atoms with Gasteiger partial charge in [-0.1, -0.05) is 0 Å². The number of fused-ring (bicyclic) bond motifs is 1. The molecule has 0 radical (unpaired) electrons. The molecule has 0 aliphatic carbocycles. The van der Waals surface area contributed by atoms with Gasteiger partial charge in [0, 0.05) is 6.04 Å². The predicted molar refractivity (Wildman–Crippen MR) is 73.3 cm³/mol. The molecule has 0 aromatic heterocycles. The molecule has 19 heavy (non-hydrogen) atoms. The number of hydrogen-bond donors (Lipinski definition) is 1. The largest absolute Gasteiger partial charge is 0.468 e. The van der Waals surface area contributed by atoms with E-state index >= 15 is 0 Å². The standard InChI is InChI=1S/C13H16BrNO4/c1-7(2)15-11(13(16)17-3)8-4-9(14)12-10(5-8)18-6-19-12/h4-5,7,11,15H,6H2,1-3H3. The number of carbonyl (C=O) groups is 1. The van der Waals surface area contributed by atoms with E-state index < -0.39 is 6.04 Å². The fourth-order valence-corrected chi connectivity index (χ4v) is 2.48. The molecule has 1 N–H and O–H groups in total. The molecule has 1 unspecified atom stereocenters. The van der Waals surface area contributed by atoms with Gasteiger partial charge in [-0.05, 0) is 47.5 Å². The molecule has 2 rings (SSSR count). The van der Waals surface area contributed by atoms with E-state index in [9.17, 15) is 4.79 Å². The van der Waals surface area contributed by atoms with Crippen LogP contribution in [0.2, 0.25) is 0 Å². The van der Waals surface area contributed by atoms with Gasteiger partial charge >= 0.3 is 5.97 Å². The average molecular weight is 330 g/mol. The van der Waals surface area contributed by atoms with Crippen LogP contribution in [-0.2, 0) is 9.53 Å². The lowest BCUT2D eigenvalue weighted by atomic mass is 10.1. The van der Waals surface area contributed by atoms with Crippen LogP contribution in [0, 0.1) is 0 Å². The summed E-state index contributed by atoms with van der Waals surface area (Å²) in [6, 6.07) is 3.25. The van der Waals surface area contributed by atoms with Crippen molar-refractivity contribution in [2.75, 3.05) is 13.9 Å². The van der Waals surface area contributed by atoms with E-state index in [2.05, 4.69) is 21.2 Å². The van der Waals surface area contributed by atoms with E-state index in [1.54, 1.807) is 6.07 Å². The molecular weight excluding hydrogens is 314 g/mol. The topological polar surface area (TPSA) is 56.8 Å². The minimum atomic E-state index is -0.532. The monoisotopic (exact) mass is 329 g/mol. The number of benzene rings is 1. The van der Waals surface area contributed by atoms with Crippen LogP contribution in [0.4, 0.5) is 0 Å². The lowest BCUT2D eigenvalue weighted by Crippen LogP contribution is -2.34. The normalized spacial score (nSPS) is 14.6. The first-order valence-electron chi connectivity index (χ1n) is 5.96. The first kappa shape index (κ1) is 14.1. The van der Waals surface area contributed by atoms with Crippen molar-refractivity contribution in [3.8, 4) is 11.5 Å². The Morgan fingerprint density at radius 2 is 2.16 bits per heavy atom. The highest BCUT2D eigenvalue weighted by atomic mass is 79.9. The minimum absolute atomic E-state index is 0.147. The summed E-state index contributed by atoms with van der Waals surface area (Å²) in [5.74, 6) is 0.959. The van der Waals surface area contributed by atoms with Gasteiger partial charge < -0.3 is 14.2 Å². The number of hydrogen-bond acceptors (Lipinski definition) is 5. The molecule has 1 aliphatic rings. The van der Waals surface area contributed by atoms with Gasteiger partial charge in [0.25, 0.3) is 0 Å². The highest BCUT2D eigenvalue weighted by Gasteiger charge is 2.26. The fraction of sp³-hybridized carbons (Fsp3) is 0.462. The summed E-state index contributed by atoms with van der Waals surface area (Å²) in [6.07, 6.45) is 0. The summed E-state index contributed by atoms with van der Waals surface area (Å²) in [6.45, 7) is 4.13. The second-order valence-electron chi connectivity index (χ2n) is 4.51. The molecule has 1 heterocycles. The zero-order valence-corrected chi connectivity index (χ0v) is 12.6. The van der Waals surface area contributed by atoms with Crippen molar-refractivity contribution < 1.29 is 19.0 Å². The zero-order chi connectivity index (χ0) is 14.0. The first-order valence-corrected chi connectivity index (χ1v) is 6.75. The Balaban J connectivity index is 2.36. The molecule has 1 aromatic rings. The van der Waals surface area contributed by atoms with Gasteiger partial charge in [-0.3, -0.25) is 5.32 Å². The SMILES string of the molecule is COC(=O)C(NC(C)C)c1cc(Br)c2c(c1)OCO2. The third-order valence-electron chi connectivity index (χ3n) is 2.72. The van der Waals surface area contributed by atoms with Crippen molar-refractivity contribution >= 4 is 21.9 Å². The average Bonchev–Trinajstić information content (AvgIpc) is 2.83. The number of ether oxygens (including phenoxy) is 3. The van der Waals surface area contributed by atoms with Gasteiger partial charge in [0.05, 0.1) is 11.6 Å². The lowest BCUT2D eigenvalue weighted by molar-refractivity contribution is -0.143. The van der Waals surface area contributed by atoms with Gasteiger partial charge in [0.2, 0.25) is 6.79 Å². The molecule has 0 saturated carbocycles. The third-order valence-corrected chi connectivity index (χ3v) is 3.31. The summed E-state index contributed by atoms with van der Waals surface area (Å²) >= 11 is 3.42. The molecule has 0 amide bonds. The van der Waals surface area contributed by atoms with Gasteiger partial charge in [-0.25, -0.2) is 4.79 Å². The molecule has 6 heteroatoms. The minimum Gasteiger partial charge on any atom is -0.468 e. The van der Waals surface area contributed by atoms with E-state index in [4.69, 9.17) is 14.2 Å². The van der Waals surface area contributed by atoms with Crippen molar-refractivity contribution in [3.63, 3.8) is 0 Å². The Bertz CT molecular complexity index is 490. The molecule has 0 saturated heterocycles. The number of carbonyl (C=O) groups excluding carboxylic acids is 1. The van der Waals surface area contributed by atoms with Gasteiger partial charge in [0.1, 0.15) is 6.04 Å². The first-order chi connectivity index (χ1) is 9.02. The Labute approximate surface area is 120 Å². The van der Waals surface area contributed by atoms with E-state index in [1.165, 1.54) is 7.11 Å². The highest BCUT2D eigenvalue weighted by molar-refractivity contribution is 9.10. The van der Waals surface area contributed by atoms with Gasteiger partial charge in [-0.15, -0.1) is 0 Å². The number of rotatable bonds is 4. The second kappa shape index (κ2) is 5.79. The van der Waals surface area contributed by atoms with Crippen molar-refractivity contribution in [2.24, 2.45) is 0 Å². The van der Waals surface area contributed by atoms with Crippen LogP contribution in [-0.4, -0.2) is 25.9 Å². The lowest BCUT2D eigenvalue weighted by Gasteiger charge is -2.20. The highest BCUT2D eigenvalue weighted by Crippen LogP contribution is 2.41. The van der Waals surface area contributed by atoms with Crippen LogP contribution >= 0.6 is 15.9 Å². The molecule has 1 aliphatic heterocycles. The Hall–Kier alpha value is -1.27. The second-order valence-corrected chi connectivity index (χ2v) is 5.37. The summed E-state index contributed by atoms with van der Waals surface area (Å²) in [5, 5.41) is 3.17. The predicted octanol–water partition coefficient (Wildman–Crippen LogP) is 2.39. The Morgan fingerprint density at radius 3 is 2.79 bits per heavy atom. The van der Waals surface area contributed by atoms with Crippen molar-refractivity contribution in [1.82, 2.24) is 5.32 Å². The molecule has 1 atom stereocenters. The molecule has 5 nitrogen and oxygen atoms in total. The maximum absolute atomic E-state index is 11.9. The maximum atomic E-state index is 11.9. The van der Waals surface area contributed by atoms with Crippen molar-refractivity contribution in [1.29, 1.82) is 0 Å². The fourth-order valence-electron chi connectivity index (χ4n) is 1.91. The van der Waals surface area contributed by atoms with E-state index in [0.717, 1.165) is 10.0 Å². The van der Waals surface area contributed by atoms with Crippen LogP contribution in [0.25, 0.3) is 0 Å². The number of nitrogens with one attached hydrogen (secondary N) is 1. The van der Waals surface area contributed by atoms with Crippen molar-refractivity contribution in [3.05, 3.63) is 22.2 Å². The van der Waals surface area contributed by atoms with Crippen LogP contribution in [0.5, 0.6) is 11.5 Å². The van der Waals surface area contributed by atoms with Crippen LogP contribution in [0.3, 0.4) is 0 Å². The third kappa shape index (κ3) is 3.01. The molecule has 0 fully saturated rings. The van der Waals surface area contributed by atoms with E-state index in [-0.39, 0.29) is 18.8 Å².